The Morgan fingerprint density at radius 3 is 2.59 bits per heavy atom. The van der Waals surface area contributed by atoms with Crippen LogP contribution in [0.1, 0.15) is 61.0 Å². The van der Waals surface area contributed by atoms with Crippen LogP contribution in [0.4, 0.5) is 4.39 Å². The van der Waals surface area contributed by atoms with Gasteiger partial charge in [-0.15, -0.1) is 0 Å². The number of aryl methyl sites for hydroxylation is 1. The van der Waals surface area contributed by atoms with Crippen molar-refractivity contribution in [2.75, 3.05) is 26.7 Å². The quantitative estimate of drug-likeness (QED) is 0.494. The summed E-state index contributed by atoms with van der Waals surface area (Å²) in [6.45, 7) is 9.44. The van der Waals surface area contributed by atoms with E-state index in [0.717, 1.165) is 49.4 Å². The van der Waals surface area contributed by atoms with Crippen molar-refractivity contribution >= 4 is 16.8 Å². The minimum Gasteiger partial charge on any atom is -0.339 e. The Morgan fingerprint density at radius 1 is 1.16 bits per heavy atom. The minimum absolute atomic E-state index is 0.0106. The van der Waals surface area contributed by atoms with Gasteiger partial charge in [0.1, 0.15) is 5.82 Å². The van der Waals surface area contributed by atoms with Crippen LogP contribution >= 0.6 is 0 Å². The number of benzene rings is 1. The zero-order chi connectivity index (χ0) is 26.3. The third-order valence-corrected chi connectivity index (χ3v) is 8.47. The summed E-state index contributed by atoms with van der Waals surface area (Å²) in [6.07, 6.45) is 11.7. The molecule has 2 aliphatic rings. The standard InChI is InChI=1S/C30H40FN5O/c1-19(2)34(4)30(37)26-12-24(31)7-10-27(26)36-18-23(29-20(3)13-33-14-28(29)36)11-22-16-35(17-22)15-21-5-8-25(32)9-6-21/h7,10,12-14,18-19,21-22,25H,5-6,8-9,11,15-17,32H2,1-4H3. The molecular weight excluding hydrogens is 465 g/mol. The number of amides is 1. The molecule has 0 spiro atoms. The number of aromatic nitrogens is 2. The molecule has 1 amide bonds. The van der Waals surface area contributed by atoms with E-state index in [4.69, 9.17) is 5.73 Å². The summed E-state index contributed by atoms with van der Waals surface area (Å²) in [4.78, 5) is 22.0. The van der Waals surface area contributed by atoms with Gasteiger partial charge in [0.25, 0.3) is 5.91 Å². The number of hydrogen-bond donors (Lipinski definition) is 1. The lowest BCUT2D eigenvalue weighted by Gasteiger charge is -2.42. The maximum atomic E-state index is 14.3. The number of carbonyl (C=O) groups excluding carboxylic acids is 1. The molecule has 0 unspecified atom stereocenters. The van der Waals surface area contributed by atoms with E-state index in [1.54, 1.807) is 18.0 Å². The van der Waals surface area contributed by atoms with Gasteiger partial charge in [-0.1, -0.05) is 0 Å². The van der Waals surface area contributed by atoms with Crippen LogP contribution in [0.25, 0.3) is 16.6 Å². The van der Waals surface area contributed by atoms with Crippen LogP contribution in [0.15, 0.2) is 36.8 Å². The number of rotatable bonds is 7. The SMILES string of the molecule is Cc1cncc2c1c(CC1CN(CC3CCC(N)CC3)C1)cn2-c1ccc(F)cc1C(=O)N(C)C(C)C. The second-order valence-electron chi connectivity index (χ2n) is 11.6. The average molecular weight is 506 g/mol. The van der Waals surface area contributed by atoms with Gasteiger partial charge in [0, 0.05) is 56.5 Å². The van der Waals surface area contributed by atoms with Crippen LogP contribution in [0.2, 0.25) is 0 Å². The van der Waals surface area contributed by atoms with Crippen LogP contribution < -0.4 is 5.73 Å². The molecule has 0 radical (unpaired) electrons. The van der Waals surface area contributed by atoms with E-state index in [1.165, 1.54) is 42.5 Å². The average Bonchev–Trinajstić information content (AvgIpc) is 3.22. The van der Waals surface area contributed by atoms with Crippen LogP contribution in [-0.4, -0.2) is 64.0 Å². The molecule has 0 atom stereocenters. The summed E-state index contributed by atoms with van der Waals surface area (Å²) in [5.41, 5.74) is 10.5. The first-order valence-corrected chi connectivity index (χ1v) is 13.7. The minimum atomic E-state index is -0.412. The van der Waals surface area contributed by atoms with Gasteiger partial charge in [-0.05, 0) is 94.0 Å². The summed E-state index contributed by atoms with van der Waals surface area (Å²) < 4.78 is 16.4. The second kappa shape index (κ2) is 10.5. The molecule has 3 aromatic rings. The van der Waals surface area contributed by atoms with Gasteiger partial charge < -0.3 is 20.1 Å². The Balaban J connectivity index is 1.40. The van der Waals surface area contributed by atoms with E-state index in [0.29, 0.717) is 23.2 Å². The number of halogens is 1. The highest BCUT2D eigenvalue weighted by molar-refractivity contribution is 5.99. The number of fused-ring (bicyclic) bond motifs is 1. The third kappa shape index (κ3) is 5.30. The lowest BCUT2D eigenvalue weighted by atomic mass is 9.84. The van der Waals surface area contributed by atoms with Crippen molar-refractivity contribution in [1.82, 2.24) is 19.4 Å². The smallest absolute Gasteiger partial charge is 0.256 e. The first-order valence-electron chi connectivity index (χ1n) is 13.7. The predicted octanol–water partition coefficient (Wildman–Crippen LogP) is 4.95. The van der Waals surface area contributed by atoms with E-state index >= 15 is 0 Å². The summed E-state index contributed by atoms with van der Waals surface area (Å²) >= 11 is 0. The molecule has 37 heavy (non-hydrogen) atoms. The summed E-state index contributed by atoms with van der Waals surface area (Å²) in [5, 5.41) is 1.19. The number of nitrogens with zero attached hydrogens (tertiary/aromatic N) is 4. The number of pyridine rings is 1. The highest BCUT2D eigenvalue weighted by Crippen LogP contribution is 2.33. The molecule has 3 heterocycles. The topological polar surface area (TPSA) is 67.4 Å². The molecule has 1 aromatic carbocycles. The van der Waals surface area contributed by atoms with Crippen LogP contribution in [0.5, 0.6) is 0 Å². The molecule has 198 valence electrons. The molecule has 2 N–H and O–H groups in total. The Bertz CT molecular complexity index is 1270. The number of likely N-dealkylation sites (tertiary alicyclic amines) is 1. The lowest BCUT2D eigenvalue weighted by Crippen LogP contribution is -2.50. The molecule has 2 aromatic heterocycles. The Morgan fingerprint density at radius 2 is 1.89 bits per heavy atom. The van der Waals surface area contributed by atoms with Gasteiger partial charge in [0.2, 0.25) is 0 Å². The number of nitrogens with two attached hydrogens (primary N) is 1. The van der Waals surface area contributed by atoms with Crippen molar-refractivity contribution in [3.63, 3.8) is 0 Å². The highest BCUT2D eigenvalue weighted by atomic mass is 19.1. The van der Waals surface area contributed by atoms with Crippen molar-refractivity contribution in [3.8, 4) is 5.69 Å². The predicted molar refractivity (Wildman–Crippen MR) is 147 cm³/mol. The fraction of sp³-hybridized carbons (Fsp3) is 0.533. The van der Waals surface area contributed by atoms with E-state index in [9.17, 15) is 9.18 Å². The van der Waals surface area contributed by atoms with Crippen LogP contribution in [0, 0.1) is 24.6 Å². The lowest BCUT2D eigenvalue weighted by molar-refractivity contribution is 0.0721. The monoisotopic (exact) mass is 505 g/mol. The maximum Gasteiger partial charge on any atom is 0.256 e. The van der Waals surface area contributed by atoms with Crippen molar-refractivity contribution in [1.29, 1.82) is 0 Å². The molecular formula is C30H40FN5O. The molecule has 1 saturated carbocycles. The largest absolute Gasteiger partial charge is 0.339 e. The van der Waals surface area contributed by atoms with E-state index < -0.39 is 5.82 Å². The Kier molecular flexibility index (Phi) is 7.37. The van der Waals surface area contributed by atoms with E-state index in [1.807, 2.05) is 30.8 Å². The van der Waals surface area contributed by atoms with Crippen molar-refractivity contribution in [2.24, 2.45) is 17.6 Å². The van der Waals surface area contributed by atoms with Gasteiger partial charge in [-0.2, -0.15) is 0 Å². The fourth-order valence-corrected chi connectivity index (χ4v) is 6.11. The van der Waals surface area contributed by atoms with Gasteiger partial charge in [-0.3, -0.25) is 9.78 Å². The molecule has 7 heteroatoms. The van der Waals surface area contributed by atoms with Crippen molar-refractivity contribution < 1.29 is 9.18 Å². The molecule has 1 aliphatic heterocycles. The first-order chi connectivity index (χ1) is 17.7. The second-order valence-corrected chi connectivity index (χ2v) is 11.6. The maximum absolute atomic E-state index is 14.3. The Labute approximate surface area is 219 Å². The molecule has 5 rings (SSSR count). The molecule has 1 saturated heterocycles. The zero-order valence-electron chi connectivity index (χ0n) is 22.6. The summed E-state index contributed by atoms with van der Waals surface area (Å²) in [5.74, 6) is 0.796. The number of carbonyl (C=O) groups is 1. The van der Waals surface area contributed by atoms with E-state index in [-0.39, 0.29) is 11.9 Å². The molecule has 2 fully saturated rings. The van der Waals surface area contributed by atoms with Crippen LogP contribution in [0.3, 0.4) is 0 Å². The third-order valence-electron chi connectivity index (χ3n) is 8.47. The normalized spacial score (nSPS) is 20.9. The van der Waals surface area contributed by atoms with E-state index in [2.05, 4.69) is 23.0 Å². The van der Waals surface area contributed by atoms with Gasteiger partial charge in [0.05, 0.1) is 23.0 Å². The van der Waals surface area contributed by atoms with Crippen LogP contribution in [-0.2, 0) is 6.42 Å². The zero-order valence-corrected chi connectivity index (χ0v) is 22.6. The number of hydrogen-bond acceptors (Lipinski definition) is 4. The Hall–Kier alpha value is -2.77. The fourth-order valence-electron chi connectivity index (χ4n) is 6.11. The first kappa shape index (κ1) is 25.9. The summed E-state index contributed by atoms with van der Waals surface area (Å²) in [7, 11) is 1.76. The van der Waals surface area contributed by atoms with Gasteiger partial charge in [0.15, 0.2) is 0 Å². The molecule has 1 aliphatic carbocycles. The van der Waals surface area contributed by atoms with Crippen molar-refractivity contribution in [2.45, 2.75) is 65.0 Å². The molecule has 6 nitrogen and oxygen atoms in total. The summed E-state index contributed by atoms with van der Waals surface area (Å²) in [6, 6.07) is 4.91. The van der Waals surface area contributed by atoms with Gasteiger partial charge in [-0.25, -0.2) is 4.39 Å². The highest BCUT2D eigenvalue weighted by Gasteiger charge is 2.31. The van der Waals surface area contributed by atoms with Crippen molar-refractivity contribution in [3.05, 3.63) is 59.3 Å². The molecule has 0 bridgehead atoms. The van der Waals surface area contributed by atoms with Gasteiger partial charge >= 0.3 is 0 Å².